The quantitative estimate of drug-likeness (QED) is 0.814. The molecule has 8 heteroatoms. The van der Waals surface area contributed by atoms with Crippen molar-refractivity contribution in [1.29, 1.82) is 0 Å². The topological polar surface area (TPSA) is 91.4 Å². The molecule has 0 bridgehead atoms. The van der Waals surface area contributed by atoms with Crippen LogP contribution in [0.3, 0.4) is 0 Å². The van der Waals surface area contributed by atoms with Crippen LogP contribution < -0.4 is 10.6 Å². The maximum absolute atomic E-state index is 11.6. The maximum atomic E-state index is 11.6. The minimum absolute atomic E-state index is 0.0350. The van der Waals surface area contributed by atoms with E-state index in [-0.39, 0.29) is 30.9 Å². The van der Waals surface area contributed by atoms with Crippen molar-refractivity contribution < 1.29 is 14.4 Å². The number of anilines is 1. The van der Waals surface area contributed by atoms with Crippen LogP contribution in [0.5, 0.6) is 0 Å². The highest BCUT2D eigenvalue weighted by atomic mass is 32.1. The first-order chi connectivity index (χ1) is 11.6. The second-order valence-electron chi connectivity index (χ2n) is 5.24. The second kappa shape index (κ2) is 6.79. The van der Waals surface area contributed by atoms with Gasteiger partial charge in [-0.1, -0.05) is 19.1 Å². The summed E-state index contributed by atoms with van der Waals surface area (Å²) in [6.45, 7) is 2.02. The molecular weight excluding hydrogens is 328 g/mol. The van der Waals surface area contributed by atoms with E-state index in [9.17, 15) is 14.4 Å². The summed E-state index contributed by atoms with van der Waals surface area (Å²) in [5.41, 5.74) is 2.42. The Hall–Kier alpha value is -2.74. The molecular formula is C16H16N4O3S. The molecule has 124 valence electrons. The van der Waals surface area contributed by atoms with Crippen LogP contribution >= 0.6 is 11.3 Å². The molecule has 7 nitrogen and oxygen atoms in total. The third kappa shape index (κ3) is 3.43. The Balaban J connectivity index is 1.70. The first-order valence-electron chi connectivity index (χ1n) is 7.49. The smallest absolute Gasteiger partial charge is 0.324 e. The molecule has 4 amide bonds. The molecule has 2 heterocycles. The summed E-state index contributed by atoms with van der Waals surface area (Å²) < 4.78 is 0. The minimum Gasteiger partial charge on any atom is -0.329 e. The average Bonchev–Trinajstić information content (AvgIpc) is 3.18. The molecule has 1 saturated heterocycles. The molecule has 1 fully saturated rings. The van der Waals surface area contributed by atoms with Crippen LogP contribution in [-0.2, 0) is 16.1 Å². The maximum Gasteiger partial charge on any atom is 0.324 e. The van der Waals surface area contributed by atoms with Crippen molar-refractivity contribution in [2.75, 3.05) is 11.9 Å². The molecule has 0 unspecified atom stereocenters. The van der Waals surface area contributed by atoms with E-state index in [0.717, 1.165) is 21.8 Å². The summed E-state index contributed by atoms with van der Waals surface area (Å²) in [5.74, 6) is -0.278. The fourth-order valence-corrected chi connectivity index (χ4v) is 3.03. The summed E-state index contributed by atoms with van der Waals surface area (Å²) >= 11 is 1.40. The van der Waals surface area contributed by atoms with Crippen LogP contribution in [0.2, 0.25) is 0 Å². The van der Waals surface area contributed by atoms with E-state index in [1.54, 1.807) is 6.92 Å². The van der Waals surface area contributed by atoms with Gasteiger partial charge < -0.3 is 10.6 Å². The van der Waals surface area contributed by atoms with Crippen molar-refractivity contribution in [3.05, 3.63) is 34.7 Å². The summed E-state index contributed by atoms with van der Waals surface area (Å²) in [7, 11) is 0. The van der Waals surface area contributed by atoms with E-state index in [1.807, 2.05) is 29.6 Å². The number of carbonyl (C=O) groups excluding carboxylic acids is 3. The molecule has 0 radical (unpaired) electrons. The van der Waals surface area contributed by atoms with Gasteiger partial charge >= 0.3 is 6.03 Å². The van der Waals surface area contributed by atoms with Gasteiger partial charge in [-0.3, -0.25) is 14.5 Å². The normalized spacial score (nSPS) is 14.0. The number of urea groups is 1. The van der Waals surface area contributed by atoms with Crippen molar-refractivity contribution >= 4 is 34.9 Å². The van der Waals surface area contributed by atoms with Crippen molar-refractivity contribution in [2.45, 2.75) is 19.9 Å². The van der Waals surface area contributed by atoms with Gasteiger partial charge in [0.15, 0.2) is 0 Å². The van der Waals surface area contributed by atoms with Crippen LogP contribution in [0.15, 0.2) is 29.6 Å². The molecule has 1 aliphatic rings. The van der Waals surface area contributed by atoms with E-state index >= 15 is 0 Å². The van der Waals surface area contributed by atoms with E-state index < -0.39 is 0 Å². The standard InChI is InChI=1S/C16H16N4O3S/c1-2-13(21)18-11-5-3-10(4-6-11)12-9-24-14(19-12)8-20-15(22)7-17-16(20)23/h3-6,9H,2,7-8H2,1H3,(H,17,23)(H,18,21). The fourth-order valence-electron chi connectivity index (χ4n) is 2.24. The highest BCUT2D eigenvalue weighted by molar-refractivity contribution is 7.09. The molecule has 0 saturated carbocycles. The fraction of sp³-hybridized carbons (Fsp3) is 0.250. The Labute approximate surface area is 142 Å². The van der Waals surface area contributed by atoms with E-state index in [1.165, 1.54) is 11.3 Å². The summed E-state index contributed by atoms with van der Waals surface area (Å²) in [5, 5.41) is 7.85. The van der Waals surface area contributed by atoms with Gasteiger partial charge in [0.25, 0.3) is 0 Å². The van der Waals surface area contributed by atoms with Gasteiger partial charge in [-0.15, -0.1) is 11.3 Å². The van der Waals surface area contributed by atoms with Crippen LogP contribution in [0.25, 0.3) is 11.3 Å². The van der Waals surface area contributed by atoms with Gasteiger partial charge in [-0.05, 0) is 12.1 Å². The molecule has 2 aromatic rings. The number of amides is 4. The number of carbonyl (C=O) groups is 3. The SMILES string of the molecule is CCC(=O)Nc1ccc(-c2csc(CN3C(=O)CNC3=O)n2)cc1. The lowest BCUT2D eigenvalue weighted by molar-refractivity contribution is -0.125. The number of benzene rings is 1. The third-order valence-electron chi connectivity index (χ3n) is 3.57. The molecule has 24 heavy (non-hydrogen) atoms. The highest BCUT2D eigenvalue weighted by Crippen LogP contribution is 2.24. The Morgan fingerprint density at radius 3 is 2.71 bits per heavy atom. The Morgan fingerprint density at radius 2 is 2.08 bits per heavy atom. The number of rotatable bonds is 5. The van der Waals surface area contributed by atoms with Gasteiger partial charge in [0.05, 0.1) is 18.8 Å². The molecule has 1 aromatic carbocycles. The van der Waals surface area contributed by atoms with Gasteiger partial charge in [-0.25, -0.2) is 9.78 Å². The number of nitrogens with one attached hydrogen (secondary N) is 2. The number of aromatic nitrogens is 1. The zero-order valence-electron chi connectivity index (χ0n) is 13.0. The average molecular weight is 344 g/mol. The lowest BCUT2D eigenvalue weighted by Gasteiger charge is -2.09. The summed E-state index contributed by atoms with van der Waals surface area (Å²) in [6.07, 6.45) is 0.431. The Morgan fingerprint density at radius 1 is 1.33 bits per heavy atom. The van der Waals surface area contributed by atoms with Crippen molar-refractivity contribution in [3.63, 3.8) is 0 Å². The molecule has 1 aliphatic heterocycles. The molecule has 1 aromatic heterocycles. The van der Waals surface area contributed by atoms with Gasteiger partial charge in [-0.2, -0.15) is 0 Å². The molecule has 2 N–H and O–H groups in total. The van der Waals surface area contributed by atoms with E-state index in [4.69, 9.17) is 0 Å². The number of hydrogen-bond acceptors (Lipinski definition) is 5. The van der Waals surface area contributed by atoms with Crippen molar-refractivity contribution in [1.82, 2.24) is 15.2 Å². The first-order valence-corrected chi connectivity index (χ1v) is 8.37. The van der Waals surface area contributed by atoms with E-state index in [2.05, 4.69) is 15.6 Å². The predicted molar refractivity (Wildman–Crippen MR) is 90.4 cm³/mol. The van der Waals surface area contributed by atoms with Crippen LogP contribution in [-0.4, -0.2) is 34.3 Å². The van der Waals surface area contributed by atoms with Crippen LogP contribution in [0.1, 0.15) is 18.4 Å². The minimum atomic E-state index is -0.382. The molecule has 0 aliphatic carbocycles. The Bertz CT molecular complexity index is 769. The lowest BCUT2D eigenvalue weighted by Crippen LogP contribution is -2.30. The van der Waals surface area contributed by atoms with Crippen molar-refractivity contribution in [3.8, 4) is 11.3 Å². The summed E-state index contributed by atoms with van der Waals surface area (Å²) in [4.78, 5) is 40.2. The largest absolute Gasteiger partial charge is 0.329 e. The third-order valence-corrected chi connectivity index (χ3v) is 4.40. The van der Waals surface area contributed by atoms with Crippen LogP contribution in [0, 0.1) is 0 Å². The van der Waals surface area contributed by atoms with E-state index in [0.29, 0.717) is 11.4 Å². The zero-order valence-corrected chi connectivity index (χ0v) is 13.9. The number of nitrogens with zero attached hydrogens (tertiary/aromatic N) is 2. The number of imide groups is 1. The second-order valence-corrected chi connectivity index (χ2v) is 6.19. The van der Waals surface area contributed by atoms with Gasteiger partial charge in [0.1, 0.15) is 5.01 Å². The summed E-state index contributed by atoms with van der Waals surface area (Å²) in [6, 6.07) is 7.00. The monoisotopic (exact) mass is 344 g/mol. The molecule has 3 rings (SSSR count). The number of thiazole rings is 1. The zero-order chi connectivity index (χ0) is 17.1. The van der Waals surface area contributed by atoms with Crippen LogP contribution in [0.4, 0.5) is 10.5 Å². The predicted octanol–water partition coefficient (Wildman–Crippen LogP) is 2.21. The number of hydrogen-bond donors (Lipinski definition) is 2. The molecule has 0 atom stereocenters. The molecule has 0 spiro atoms. The Kier molecular flexibility index (Phi) is 4.57. The highest BCUT2D eigenvalue weighted by Gasteiger charge is 2.29. The first kappa shape index (κ1) is 16.1. The van der Waals surface area contributed by atoms with Gasteiger partial charge in [0, 0.05) is 23.1 Å². The van der Waals surface area contributed by atoms with Crippen molar-refractivity contribution in [2.24, 2.45) is 0 Å². The lowest BCUT2D eigenvalue weighted by atomic mass is 10.1. The van der Waals surface area contributed by atoms with Gasteiger partial charge in [0.2, 0.25) is 11.8 Å².